The van der Waals surface area contributed by atoms with Crippen LogP contribution in [-0.4, -0.2) is 16.4 Å². The number of aryl methyl sites for hydroxylation is 1. The molecule has 0 N–H and O–H groups in total. The van der Waals surface area contributed by atoms with Gasteiger partial charge in [-0.15, -0.1) is 0 Å². The van der Waals surface area contributed by atoms with Gasteiger partial charge in [0.25, 0.3) is 0 Å². The van der Waals surface area contributed by atoms with Crippen LogP contribution in [0.3, 0.4) is 0 Å². The van der Waals surface area contributed by atoms with Gasteiger partial charge >= 0.3 is 15.5 Å². The Bertz CT molecular complexity index is 2330. The minimum atomic E-state index is -1.16. The molecule has 254 valence electrons. The minimum Gasteiger partial charge on any atom is -0.288 e. The van der Waals surface area contributed by atoms with Crippen molar-refractivity contribution in [2.75, 3.05) is 0 Å². The fourth-order valence-electron chi connectivity index (χ4n) is 7.30. The van der Waals surface area contributed by atoms with E-state index in [9.17, 15) is 0 Å². The van der Waals surface area contributed by atoms with Crippen LogP contribution in [0, 0.1) is 6.92 Å². The Morgan fingerprint density at radius 1 is 0.725 bits per heavy atom. The molecule has 2 aliphatic carbocycles. The quantitative estimate of drug-likeness (QED) is 0.148. The minimum absolute atomic E-state index is 0.0911. The van der Waals surface area contributed by atoms with Crippen LogP contribution in [-0.2, 0) is 10.8 Å². The van der Waals surface area contributed by atoms with E-state index >= 15 is 4.79 Å². The summed E-state index contributed by atoms with van der Waals surface area (Å²) >= 11 is 0. The molecule has 2 aliphatic heterocycles. The van der Waals surface area contributed by atoms with E-state index in [4.69, 9.17) is 9.05 Å². The maximum Gasteiger partial charge on any atom is 0.350 e. The highest BCUT2D eigenvalue weighted by Crippen LogP contribution is 2.48. The Morgan fingerprint density at radius 3 is 2.08 bits per heavy atom. The number of rotatable bonds is 6. The van der Waals surface area contributed by atoms with Crippen molar-refractivity contribution in [3.63, 3.8) is 0 Å². The highest BCUT2D eigenvalue weighted by atomic mass is 31.1. The Balaban J connectivity index is 1.26. The zero-order valence-corrected chi connectivity index (χ0v) is 32.2. The molecule has 0 saturated carbocycles. The molecule has 3 unspecified atom stereocenters. The van der Waals surface area contributed by atoms with Gasteiger partial charge in [0.15, 0.2) is 32.7 Å². The van der Waals surface area contributed by atoms with Gasteiger partial charge in [-0.25, -0.2) is 0 Å². The summed E-state index contributed by atoms with van der Waals surface area (Å²) in [5, 5.41) is 4.98. The Hall–Kier alpha value is -4.55. The number of ketones is 1. The normalized spacial score (nSPS) is 18.6. The van der Waals surface area contributed by atoms with Crippen molar-refractivity contribution in [3.05, 3.63) is 160 Å². The van der Waals surface area contributed by atoms with Crippen molar-refractivity contribution in [2.45, 2.75) is 71.6 Å². The number of benzene rings is 4. The molecular formula is C46H44O3P2+2. The summed E-state index contributed by atoms with van der Waals surface area (Å²) in [6.07, 6.45) is 16.1. The first kappa shape index (κ1) is 33.6. The summed E-state index contributed by atoms with van der Waals surface area (Å²) in [7, 11) is -2.29. The molecule has 5 heteroatoms. The summed E-state index contributed by atoms with van der Waals surface area (Å²) in [6.45, 7) is 15.3. The molecule has 0 amide bonds. The van der Waals surface area contributed by atoms with Crippen molar-refractivity contribution in [3.8, 4) is 11.5 Å². The molecule has 0 aromatic heterocycles. The van der Waals surface area contributed by atoms with E-state index < -0.39 is 15.5 Å². The maximum atomic E-state index is 15.1. The fraction of sp³-hybridized carbons (Fsp3) is 0.239. The van der Waals surface area contributed by atoms with E-state index in [0.717, 1.165) is 17.5 Å². The number of hydrogen-bond acceptors (Lipinski definition) is 3. The summed E-state index contributed by atoms with van der Waals surface area (Å²) < 4.78 is 14.3. The van der Waals surface area contributed by atoms with E-state index in [0.29, 0.717) is 22.6 Å². The lowest BCUT2D eigenvalue weighted by Crippen LogP contribution is -2.15. The van der Waals surface area contributed by atoms with Crippen LogP contribution < -0.4 is 19.7 Å². The molecule has 4 aliphatic rings. The number of carbonyl (C=O) groups is 1. The molecule has 3 atom stereocenters. The third-order valence-electron chi connectivity index (χ3n) is 10.2. The molecule has 4 aromatic carbocycles. The highest BCUT2D eigenvalue weighted by molar-refractivity contribution is 7.65. The van der Waals surface area contributed by atoms with Crippen LogP contribution in [0.15, 0.2) is 121 Å². The second kappa shape index (κ2) is 12.6. The van der Waals surface area contributed by atoms with Gasteiger partial charge in [-0.05, 0) is 77.4 Å². The molecule has 0 spiro atoms. The van der Waals surface area contributed by atoms with Crippen molar-refractivity contribution in [1.29, 1.82) is 0 Å². The van der Waals surface area contributed by atoms with Gasteiger partial charge in [0, 0.05) is 23.1 Å². The van der Waals surface area contributed by atoms with Crippen LogP contribution in [0.2, 0.25) is 0 Å². The molecule has 0 saturated heterocycles. The smallest absolute Gasteiger partial charge is 0.288 e. The maximum absolute atomic E-state index is 15.1. The van der Waals surface area contributed by atoms with Crippen molar-refractivity contribution in [2.24, 2.45) is 0 Å². The molecule has 0 fully saturated rings. The van der Waals surface area contributed by atoms with Crippen LogP contribution >= 0.6 is 15.5 Å². The van der Waals surface area contributed by atoms with Gasteiger partial charge in [0.05, 0.1) is 17.0 Å². The third-order valence-corrected chi connectivity index (χ3v) is 14.5. The van der Waals surface area contributed by atoms with E-state index in [1.807, 2.05) is 12.1 Å². The zero-order valence-electron chi connectivity index (χ0n) is 30.5. The number of hydrogen-bond donors (Lipinski definition) is 0. The zero-order chi connectivity index (χ0) is 35.7. The van der Waals surface area contributed by atoms with E-state index in [2.05, 4.69) is 158 Å². The predicted octanol–water partition coefficient (Wildman–Crippen LogP) is 10.9. The molecule has 0 bridgehead atoms. The largest absolute Gasteiger partial charge is 0.350 e. The van der Waals surface area contributed by atoms with Crippen LogP contribution in [0.5, 0.6) is 11.5 Å². The number of carbonyl (C=O) groups excluding carboxylic acids is 1. The third kappa shape index (κ3) is 6.01. The lowest BCUT2D eigenvalue weighted by Gasteiger charge is -2.21. The molecular weight excluding hydrogens is 662 g/mol. The van der Waals surface area contributed by atoms with Gasteiger partial charge in [0.2, 0.25) is 5.78 Å². The van der Waals surface area contributed by atoms with Crippen LogP contribution in [0.25, 0.3) is 5.57 Å². The van der Waals surface area contributed by atoms with E-state index in [1.165, 1.54) is 43.5 Å². The Labute approximate surface area is 304 Å². The van der Waals surface area contributed by atoms with Crippen LogP contribution in [0.4, 0.5) is 0 Å². The first-order chi connectivity index (χ1) is 24.4. The Kier molecular flexibility index (Phi) is 8.29. The summed E-state index contributed by atoms with van der Waals surface area (Å²) in [5.74, 6) is 1.35. The van der Waals surface area contributed by atoms with Crippen molar-refractivity contribution in [1.82, 2.24) is 0 Å². The molecule has 0 radical (unpaired) electrons. The van der Waals surface area contributed by atoms with Gasteiger partial charge in [0.1, 0.15) is 0 Å². The lowest BCUT2D eigenvalue weighted by atomic mass is 9.84. The van der Waals surface area contributed by atoms with Crippen molar-refractivity contribution < 1.29 is 13.8 Å². The molecule has 4 aromatic rings. The first-order valence-corrected chi connectivity index (χ1v) is 20.3. The van der Waals surface area contributed by atoms with Gasteiger partial charge in [-0.1, -0.05) is 120 Å². The summed E-state index contributed by atoms with van der Waals surface area (Å²) in [6, 6.07) is 27.5. The highest BCUT2D eigenvalue weighted by Gasteiger charge is 2.44. The average Bonchev–Trinajstić information content (AvgIpc) is 3.59. The van der Waals surface area contributed by atoms with Crippen LogP contribution in [0.1, 0.15) is 97.6 Å². The van der Waals surface area contributed by atoms with Crippen molar-refractivity contribution >= 4 is 48.1 Å². The van der Waals surface area contributed by atoms with Gasteiger partial charge in [-0.2, -0.15) is 0 Å². The predicted molar refractivity (Wildman–Crippen MR) is 218 cm³/mol. The average molecular weight is 707 g/mol. The summed E-state index contributed by atoms with van der Waals surface area (Å²) in [5.41, 5.74) is 8.13. The topological polar surface area (TPSA) is 35.5 Å². The Morgan fingerprint density at radius 2 is 1.39 bits per heavy atom. The second-order valence-corrected chi connectivity index (χ2v) is 19.5. The van der Waals surface area contributed by atoms with E-state index in [1.54, 1.807) is 0 Å². The molecule has 51 heavy (non-hydrogen) atoms. The monoisotopic (exact) mass is 706 g/mol. The molecule has 2 heterocycles. The standard InChI is InChI=1S/C46H44O3P2/c1-29-20-25-43-37(26-29)34-16-10-13-19-42(34)51(43)49-39-28-31(46(5,6)7)22-24-36(39)44(47)35-23-21-30(45(2,3)4)27-38(35)48-50-40-17-11-8-14-32(40)33-15-9-12-18-41(33)50/h8-17,19-28,34H,18H2,1-7H3/q+2. The number of allylic oxidation sites excluding steroid dienone is 8. The molecule has 3 nitrogen and oxygen atoms in total. The SMILES string of the molecule is Cc1ccc2c(c1)C1C=CC=CC1=[P+]2Oc1cc(C(C)(C)C)ccc1C(=O)c1ccc(C(C)(C)C)cc1O[P+]1=C2CC=CC=C2c2ccccc21. The lowest BCUT2D eigenvalue weighted by molar-refractivity contribution is 0.103. The van der Waals surface area contributed by atoms with Gasteiger partial charge in [-0.3, -0.25) is 13.8 Å². The second-order valence-electron chi connectivity index (χ2n) is 15.9. The number of fused-ring (bicyclic) bond motifs is 6. The first-order valence-electron chi connectivity index (χ1n) is 17.8. The fourth-order valence-corrected chi connectivity index (χ4v) is 11.6. The van der Waals surface area contributed by atoms with Gasteiger partial charge < -0.3 is 0 Å². The van der Waals surface area contributed by atoms with E-state index in [-0.39, 0.29) is 22.5 Å². The molecule has 8 rings (SSSR count). The summed E-state index contributed by atoms with van der Waals surface area (Å²) in [4.78, 5) is 15.1.